The molecule has 0 amide bonds. The van der Waals surface area contributed by atoms with E-state index in [2.05, 4.69) is 0 Å². The van der Waals surface area contributed by atoms with Gasteiger partial charge in [0.05, 0.1) is 5.56 Å². The van der Waals surface area contributed by atoms with E-state index in [9.17, 15) is 4.39 Å². The lowest BCUT2D eigenvalue weighted by atomic mass is 9.90. The van der Waals surface area contributed by atoms with Crippen molar-refractivity contribution in [3.05, 3.63) is 205 Å². The van der Waals surface area contributed by atoms with Crippen molar-refractivity contribution >= 4 is 58.4 Å². The normalized spacial score (nSPS) is 11.5. The molecule has 0 saturated heterocycles. The largest absolute Gasteiger partial charge is 0.203 e. The van der Waals surface area contributed by atoms with Gasteiger partial charge in [-0.3, -0.25) is 0 Å². The van der Waals surface area contributed by atoms with Crippen LogP contribution in [0.15, 0.2) is 170 Å². The van der Waals surface area contributed by atoms with E-state index in [1.54, 1.807) is 12.1 Å². The maximum Gasteiger partial charge on any atom is 0.200 e. The van der Waals surface area contributed by atoms with Crippen molar-refractivity contribution in [2.24, 2.45) is 0 Å². The third kappa shape index (κ3) is 6.32. The highest BCUT2D eigenvalue weighted by atomic mass is 31.1. The van der Waals surface area contributed by atoms with Gasteiger partial charge in [-0.1, -0.05) is 175 Å². The molecule has 0 unspecified atom stereocenters. The fourth-order valence-corrected chi connectivity index (χ4v) is 12.7. The SMILES string of the molecule is Cc1ccc(-c2c(P(c3ccccc3)c3ccccc3)c(P(c3ccccc3)c3ccccc3)c(-c3c(F)c(F)c(F)c(F)c3F)c3ccccc23)cc1. The maximum absolute atomic E-state index is 16.6. The summed E-state index contributed by atoms with van der Waals surface area (Å²) in [4.78, 5) is 0. The summed E-state index contributed by atoms with van der Waals surface area (Å²) in [5, 5.41) is 5.95. The number of halogens is 5. The molecule has 0 atom stereocenters. The molecule has 0 saturated carbocycles. The van der Waals surface area contributed by atoms with Gasteiger partial charge in [-0.25, -0.2) is 22.0 Å². The number of hydrogen-bond donors (Lipinski definition) is 0. The molecule has 54 heavy (non-hydrogen) atoms. The highest BCUT2D eigenvalue weighted by Gasteiger charge is 2.37. The van der Waals surface area contributed by atoms with Crippen molar-refractivity contribution in [3.8, 4) is 22.3 Å². The first-order valence-electron chi connectivity index (χ1n) is 17.3. The standard InChI is InChI=1S/C47H31F5P2/c1-30-26-28-31(29-27-30)38-36-24-14-15-25-37(36)39(40-41(48)43(50)45(52)44(51)42(40)49)47(54(34-20-10-4-11-21-34)35-22-12-5-13-23-35)46(38)53(32-16-6-2-7-17-32)33-18-8-3-9-19-33/h2-29H,1H3. The number of rotatable bonds is 8. The molecular weight excluding hydrogens is 721 g/mol. The maximum atomic E-state index is 16.6. The monoisotopic (exact) mass is 752 g/mol. The molecule has 8 rings (SSSR count). The molecule has 0 radical (unpaired) electrons. The van der Waals surface area contributed by atoms with Crippen LogP contribution in [0.5, 0.6) is 0 Å². The summed E-state index contributed by atoms with van der Waals surface area (Å²) in [6, 6.07) is 54.5. The van der Waals surface area contributed by atoms with Gasteiger partial charge in [0, 0.05) is 16.2 Å². The van der Waals surface area contributed by atoms with E-state index >= 15 is 17.6 Å². The minimum atomic E-state index is -2.19. The highest BCUT2D eigenvalue weighted by molar-refractivity contribution is 7.85. The zero-order valence-corrected chi connectivity index (χ0v) is 30.7. The Morgan fingerprint density at radius 2 is 0.630 bits per heavy atom. The van der Waals surface area contributed by atoms with E-state index in [4.69, 9.17) is 0 Å². The van der Waals surface area contributed by atoms with Gasteiger partial charge in [-0.15, -0.1) is 0 Å². The van der Waals surface area contributed by atoms with Gasteiger partial charge >= 0.3 is 0 Å². The smallest absolute Gasteiger partial charge is 0.200 e. The lowest BCUT2D eigenvalue weighted by Gasteiger charge is -2.33. The van der Waals surface area contributed by atoms with Crippen LogP contribution in [0, 0.1) is 36.0 Å². The number of fused-ring (bicyclic) bond motifs is 1. The summed E-state index contributed by atoms with van der Waals surface area (Å²) < 4.78 is 79.0. The second-order valence-electron chi connectivity index (χ2n) is 12.8. The molecule has 0 aromatic heterocycles. The van der Waals surface area contributed by atoms with Gasteiger partial charge in [-0.05, 0) is 65.9 Å². The third-order valence-corrected chi connectivity index (χ3v) is 14.7. The van der Waals surface area contributed by atoms with Crippen molar-refractivity contribution in [1.29, 1.82) is 0 Å². The van der Waals surface area contributed by atoms with Crippen molar-refractivity contribution in [2.45, 2.75) is 6.92 Å². The van der Waals surface area contributed by atoms with E-state index in [0.717, 1.165) is 43.2 Å². The Morgan fingerprint density at radius 1 is 0.315 bits per heavy atom. The first-order valence-corrected chi connectivity index (χ1v) is 20.0. The van der Waals surface area contributed by atoms with Crippen LogP contribution in [0.2, 0.25) is 0 Å². The summed E-state index contributed by atoms with van der Waals surface area (Å²) in [7, 11) is -3.26. The molecule has 0 aliphatic carbocycles. The predicted molar refractivity (Wildman–Crippen MR) is 217 cm³/mol. The van der Waals surface area contributed by atoms with E-state index in [-0.39, 0.29) is 5.56 Å². The highest BCUT2D eigenvalue weighted by Crippen LogP contribution is 2.49. The Bertz CT molecular complexity index is 2490. The fourth-order valence-electron chi connectivity index (χ4n) is 7.06. The first kappa shape index (κ1) is 35.6. The van der Waals surface area contributed by atoms with E-state index < -0.39 is 50.5 Å². The van der Waals surface area contributed by atoms with Crippen molar-refractivity contribution < 1.29 is 22.0 Å². The molecule has 0 N–H and O–H groups in total. The van der Waals surface area contributed by atoms with E-state index in [1.807, 2.05) is 165 Å². The van der Waals surface area contributed by atoms with Gasteiger partial charge in [0.15, 0.2) is 23.3 Å². The summed E-state index contributed by atoms with van der Waals surface area (Å²) >= 11 is 0. The summed E-state index contributed by atoms with van der Waals surface area (Å²) in [6.45, 7) is 2.01. The van der Waals surface area contributed by atoms with Crippen LogP contribution in [-0.4, -0.2) is 0 Å². The fraction of sp³-hybridized carbons (Fsp3) is 0.0213. The Kier molecular flexibility index (Phi) is 9.95. The molecule has 0 aliphatic rings. The van der Waals surface area contributed by atoms with Crippen LogP contribution in [0.1, 0.15) is 5.56 Å². The van der Waals surface area contributed by atoms with Crippen molar-refractivity contribution in [1.82, 2.24) is 0 Å². The minimum Gasteiger partial charge on any atom is -0.203 e. The van der Waals surface area contributed by atoms with Gasteiger partial charge in [0.2, 0.25) is 5.82 Å². The minimum absolute atomic E-state index is 0.0116. The average molecular weight is 753 g/mol. The van der Waals surface area contributed by atoms with E-state index in [1.165, 1.54) is 0 Å². The predicted octanol–water partition coefficient (Wildman–Crippen LogP) is 10.7. The molecule has 8 aromatic carbocycles. The van der Waals surface area contributed by atoms with Crippen LogP contribution in [0.25, 0.3) is 33.0 Å². The Balaban J connectivity index is 1.71. The second kappa shape index (κ2) is 15.1. The second-order valence-corrected chi connectivity index (χ2v) is 17.1. The van der Waals surface area contributed by atoms with Gasteiger partial charge in [0.1, 0.15) is 0 Å². The summed E-state index contributed by atoms with van der Waals surface area (Å²) in [5.41, 5.74) is 1.80. The van der Waals surface area contributed by atoms with Gasteiger partial charge in [0.25, 0.3) is 0 Å². The quantitative estimate of drug-likeness (QED) is 0.0628. The zero-order valence-electron chi connectivity index (χ0n) is 29.0. The van der Waals surface area contributed by atoms with Crippen molar-refractivity contribution in [3.63, 3.8) is 0 Å². The molecule has 0 aliphatic heterocycles. The van der Waals surface area contributed by atoms with Crippen LogP contribution >= 0.6 is 15.8 Å². The third-order valence-electron chi connectivity index (χ3n) is 9.47. The van der Waals surface area contributed by atoms with Crippen LogP contribution in [0.4, 0.5) is 22.0 Å². The molecule has 0 spiro atoms. The molecule has 0 bridgehead atoms. The van der Waals surface area contributed by atoms with Gasteiger partial charge < -0.3 is 0 Å². The summed E-state index contributed by atoms with van der Waals surface area (Å²) in [6.07, 6.45) is 0. The molecule has 0 fully saturated rings. The van der Waals surface area contributed by atoms with Crippen molar-refractivity contribution in [2.75, 3.05) is 0 Å². The topological polar surface area (TPSA) is 0 Å². The Morgan fingerprint density at radius 3 is 1.02 bits per heavy atom. The van der Waals surface area contributed by atoms with Gasteiger partial charge in [-0.2, -0.15) is 0 Å². The molecule has 7 heteroatoms. The lowest BCUT2D eigenvalue weighted by molar-refractivity contribution is 0.381. The summed E-state index contributed by atoms with van der Waals surface area (Å²) in [5.74, 6) is -9.90. The average Bonchev–Trinajstić information content (AvgIpc) is 3.22. The molecule has 0 heterocycles. The molecule has 8 aromatic rings. The Labute approximate surface area is 313 Å². The Hall–Kier alpha value is -5.47. The number of hydrogen-bond acceptors (Lipinski definition) is 0. The molecular formula is C47H31F5P2. The van der Waals surface area contributed by atoms with E-state index in [0.29, 0.717) is 16.1 Å². The molecule has 0 nitrogen and oxygen atoms in total. The molecule has 264 valence electrons. The first-order chi connectivity index (χ1) is 26.3. The van der Waals surface area contributed by atoms with Crippen LogP contribution < -0.4 is 31.8 Å². The lowest BCUT2D eigenvalue weighted by Crippen LogP contribution is -2.38. The number of aryl methyl sites for hydroxylation is 1. The number of benzene rings is 8. The van der Waals surface area contributed by atoms with Crippen LogP contribution in [0.3, 0.4) is 0 Å². The zero-order chi connectivity index (χ0) is 37.3. The van der Waals surface area contributed by atoms with Crippen LogP contribution in [-0.2, 0) is 0 Å².